The second-order valence-electron chi connectivity index (χ2n) is 5.02. The summed E-state index contributed by atoms with van der Waals surface area (Å²) < 4.78 is 26.1. The summed E-state index contributed by atoms with van der Waals surface area (Å²) in [7, 11) is -3.76. The Morgan fingerprint density at radius 1 is 1.35 bits per heavy atom. The third kappa shape index (κ3) is 5.17. The molecule has 4 nitrogen and oxygen atoms in total. The van der Waals surface area contributed by atoms with E-state index in [-0.39, 0.29) is 17.2 Å². The van der Waals surface area contributed by atoms with Crippen LogP contribution in [0.5, 0.6) is 0 Å². The molecule has 0 spiro atoms. The van der Waals surface area contributed by atoms with E-state index < -0.39 is 15.9 Å². The first-order valence-corrected chi connectivity index (χ1v) is 8.06. The first-order chi connectivity index (χ1) is 9.35. The van der Waals surface area contributed by atoms with Crippen LogP contribution in [0.2, 0.25) is 0 Å². The predicted octanol–water partition coefficient (Wildman–Crippen LogP) is 2.79. The molecule has 1 N–H and O–H groups in total. The first-order valence-electron chi connectivity index (χ1n) is 6.58. The lowest BCUT2D eigenvalue weighted by atomic mass is 10.0. The van der Waals surface area contributed by atoms with Gasteiger partial charge in [-0.15, -0.1) is 6.58 Å². The zero-order chi connectivity index (χ0) is 15.2. The molecule has 1 amide bonds. The number of amides is 1. The van der Waals surface area contributed by atoms with Crippen LogP contribution in [0.25, 0.3) is 0 Å². The van der Waals surface area contributed by atoms with Crippen LogP contribution in [0.3, 0.4) is 0 Å². The van der Waals surface area contributed by atoms with Crippen LogP contribution in [-0.2, 0) is 14.8 Å². The van der Waals surface area contributed by atoms with Gasteiger partial charge < -0.3 is 0 Å². The number of benzene rings is 1. The van der Waals surface area contributed by atoms with Crippen molar-refractivity contribution < 1.29 is 13.2 Å². The lowest BCUT2D eigenvalue weighted by Gasteiger charge is -2.11. The molecule has 0 fully saturated rings. The summed E-state index contributed by atoms with van der Waals surface area (Å²) in [6, 6.07) is 6.38. The van der Waals surface area contributed by atoms with Gasteiger partial charge in [0, 0.05) is 6.42 Å². The van der Waals surface area contributed by atoms with Crippen molar-refractivity contribution in [1.29, 1.82) is 0 Å². The maximum absolute atomic E-state index is 12.0. The number of allylic oxidation sites excluding steroid dienone is 1. The van der Waals surface area contributed by atoms with Crippen molar-refractivity contribution in [2.75, 3.05) is 0 Å². The summed E-state index contributed by atoms with van der Waals surface area (Å²) >= 11 is 0. The SMILES string of the molecule is C=CCCC(C)CC(=O)NS(=O)(=O)c1ccc(C)cc1. The molecule has 1 aromatic carbocycles. The first kappa shape index (κ1) is 16.4. The minimum absolute atomic E-state index is 0.107. The van der Waals surface area contributed by atoms with Crippen LogP contribution in [0.15, 0.2) is 41.8 Å². The summed E-state index contributed by atoms with van der Waals surface area (Å²) in [6.07, 6.45) is 3.62. The normalized spacial score (nSPS) is 12.7. The highest BCUT2D eigenvalue weighted by Gasteiger charge is 2.18. The van der Waals surface area contributed by atoms with Crippen LogP contribution < -0.4 is 4.72 Å². The molecule has 5 heteroatoms. The summed E-state index contributed by atoms with van der Waals surface area (Å²) in [5, 5.41) is 0. The molecule has 1 unspecified atom stereocenters. The van der Waals surface area contributed by atoms with Gasteiger partial charge in [-0.25, -0.2) is 13.1 Å². The lowest BCUT2D eigenvalue weighted by Crippen LogP contribution is -2.31. The van der Waals surface area contributed by atoms with Crippen molar-refractivity contribution in [3.05, 3.63) is 42.5 Å². The monoisotopic (exact) mass is 295 g/mol. The van der Waals surface area contributed by atoms with Gasteiger partial charge in [-0.05, 0) is 37.8 Å². The zero-order valence-corrected chi connectivity index (χ0v) is 12.7. The van der Waals surface area contributed by atoms with Gasteiger partial charge in [0.25, 0.3) is 10.0 Å². The molecule has 0 bridgehead atoms. The van der Waals surface area contributed by atoms with E-state index >= 15 is 0 Å². The molecule has 0 aliphatic heterocycles. The number of hydrogen-bond donors (Lipinski definition) is 1. The van der Waals surface area contributed by atoms with Gasteiger partial charge in [-0.3, -0.25) is 4.79 Å². The Labute approximate surface area is 120 Å². The summed E-state index contributed by atoms with van der Waals surface area (Å²) in [4.78, 5) is 11.9. The fourth-order valence-corrected chi connectivity index (χ4v) is 2.78. The molecule has 0 aliphatic rings. The van der Waals surface area contributed by atoms with Crippen molar-refractivity contribution in [2.24, 2.45) is 5.92 Å². The van der Waals surface area contributed by atoms with Crippen molar-refractivity contribution >= 4 is 15.9 Å². The third-order valence-corrected chi connectivity index (χ3v) is 4.37. The summed E-state index contributed by atoms with van der Waals surface area (Å²) in [6.45, 7) is 7.41. The zero-order valence-electron chi connectivity index (χ0n) is 11.9. The fourth-order valence-electron chi connectivity index (χ4n) is 1.79. The molecule has 0 aliphatic carbocycles. The second-order valence-corrected chi connectivity index (χ2v) is 6.70. The number of carbonyl (C=O) groups is 1. The van der Waals surface area contributed by atoms with Crippen molar-refractivity contribution in [2.45, 2.75) is 38.0 Å². The van der Waals surface area contributed by atoms with E-state index in [1.807, 2.05) is 13.8 Å². The molecule has 1 atom stereocenters. The van der Waals surface area contributed by atoms with Gasteiger partial charge in [0.05, 0.1) is 4.90 Å². The molecular formula is C15H21NO3S. The third-order valence-electron chi connectivity index (χ3n) is 2.98. The Morgan fingerprint density at radius 2 is 1.95 bits per heavy atom. The number of aryl methyl sites for hydroxylation is 1. The molecule has 0 radical (unpaired) electrons. The van der Waals surface area contributed by atoms with E-state index in [9.17, 15) is 13.2 Å². The average molecular weight is 295 g/mol. The number of rotatable bonds is 7. The fraction of sp³-hybridized carbons (Fsp3) is 0.400. The van der Waals surface area contributed by atoms with E-state index in [4.69, 9.17) is 0 Å². The van der Waals surface area contributed by atoms with Crippen LogP contribution in [0.1, 0.15) is 31.7 Å². The van der Waals surface area contributed by atoms with Crippen molar-refractivity contribution in [3.63, 3.8) is 0 Å². The minimum Gasteiger partial charge on any atom is -0.274 e. The van der Waals surface area contributed by atoms with Crippen LogP contribution >= 0.6 is 0 Å². The van der Waals surface area contributed by atoms with E-state index in [0.717, 1.165) is 18.4 Å². The Bertz CT molecular complexity index is 561. The molecule has 0 aromatic heterocycles. The van der Waals surface area contributed by atoms with Crippen LogP contribution in [-0.4, -0.2) is 14.3 Å². The quantitative estimate of drug-likeness (QED) is 0.787. The maximum Gasteiger partial charge on any atom is 0.264 e. The largest absolute Gasteiger partial charge is 0.274 e. The Balaban J connectivity index is 2.64. The lowest BCUT2D eigenvalue weighted by molar-refractivity contribution is -0.120. The van der Waals surface area contributed by atoms with Gasteiger partial charge in [-0.2, -0.15) is 0 Å². The van der Waals surface area contributed by atoms with Gasteiger partial charge >= 0.3 is 0 Å². The molecular weight excluding hydrogens is 274 g/mol. The topological polar surface area (TPSA) is 63.2 Å². The molecule has 0 heterocycles. The highest BCUT2D eigenvalue weighted by molar-refractivity contribution is 7.90. The summed E-state index contributed by atoms with van der Waals surface area (Å²) in [5.41, 5.74) is 0.966. The minimum atomic E-state index is -3.76. The maximum atomic E-state index is 12.0. The van der Waals surface area contributed by atoms with Gasteiger partial charge in [0.1, 0.15) is 0 Å². The number of hydrogen-bond acceptors (Lipinski definition) is 3. The van der Waals surface area contributed by atoms with Crippen LogP contribution in [0, 0.1) is 12.8 Å². The Hall–Kier alpha value is -1.62. The van der Waals surface area contributed by atoms with E-state index in [0.29, 0.717) is 0 Å². The van der Waals surface area contributed by atoms with Gasteiger partial charge in [-0.1, -0.05) is 30.7 Å². The highest BCUT2D eigenvalue weighted by atomic mass is 32.2. The molecule has 1 rings (SSSR count). The van der Waals surface area contributed by atoms with Crippen molar-refractivity contribution in [1.82, 2.24) is 4.72 Å². The van der Waals surface area contributed by atoms with E-state index in [1.54, 1.807) is 18.2 Å². The standard InChI is InChI=1S/C15H21NO3S/c1-4-5-6-13(3)11-15(17)16-20(18,19)14-9-7-12(2)8-10-14/h4,7-10,13H,1,5-6,11H2,2-3H3,(H,16,17). The van der Waals surface area contributed by atoms with Gasteiger partial charge in [0.2, 0.25) is 5.91 Å². The second kappa shape index (κ2) is 7.24. The van der Waals surface area contributed by atoms with Crippen molar-refractivity contribution in [3.8, 4) is 0 Å². The highest BCUT2D eigenvalue weighted by Crippen LogP contribution is 2.13. The molecule has 0 saturated heterocycles. The average Bonchev–Trinajstić information content (AvgIpc) is 2.36. The number of sulfonamides is 1. The number of nitrogens with one attached hydrogen (secondary N) is 1. The molecule has 1 aromatic rings. The van der Waals surface area contributed by atoms with Crippen LogP contribution in [0.4, 0.5) is 0 Å². The molecule has 110 valence electrons. The Kier molecular flexibility index (Phi) is 5.95. The number of carbonyl (C=O) groups excluding carboxylic acids is 1. The smallest absolute Gasteiger partial charge is 0.264 e. The Morgan fingerprint density at radius 3 is 2.50 bits per heavy atom. The van der Waals surface area contributed by atoms with E-state index in [1.165, 1.54) is 12.1 Å². The molecule has 0 saturated carbocycles. The van der Waals surface area contributed by atoms with Gasteiger partial charge in [0.15, 0.2) is 0 Å². The molecule has 20 heavy (non-hydrogen) atoms. The predicted molar refractivity (Wildman–Crippen MR) is 79.7 cm³/mol. The summed E-state index contributed by atoms with van der Waals surface area (Å²) in [5.74, 6) is -0.344. The van der Waals surface area contributed by atoms with E-state index in [2.05, 4.69) is 11.3 Å².